The van der Waals surface area contributed by atoms with Crippen LogP contribution < -0.4 is 5.32 Å². The Morgan fingerprint density at radius 1 is 1.26 bits per heavy atom. The van der Waals surface area contributed by atoms with E-state index in [4.69, 9.17) is 0 Å². The average Bonchev–Trinajstić information content (AvgIpc) is 2.74. The third-order valence-electron chi connectivity index (χ3n) is 2.89. The zero-order chi connectivity index (χ0) is 13.8. The van der Waals surface area contributed by atoms with Gasteiger partial charge < -0.3 is 9.88 Å². The Hall–Kier alpha value is -1.75. The predicted octanol–water partition coefficient (Wildman–Crippen LogP) is 2.59. The van der Waals surface area contributed by atoms with Crippen molar-refractivity contribution in [2.24, 2.45) is 7.05 Å². The summed E-state index contributed by atoms with van der Waals surface area (Å²) in [6, 6.07) is 3.55. The normalized spacial score (nSPS) is 12.6. The quantitative estimate of drug-likeness (QED) is 0.900. The van der Waals surface area contributed by atoms with Gasteiger partial charge >= 0.3 is 0 Å². The van der Waals surface area contributed by atoms with Crippen molar-refractivity contribution in [2.45, 2.75) is 19.4 Å². The summed E-state index contributed by atoms with van der Waals surface area (Å²) < 4.78 is 28.2. The van der Waals surface area contributed by atoms with E-state index in [1.165, 1.54) is 12.1 Å². The number of nitrogens with zero attached hydrogens (tertiary/aromatic N) is 2. The van der Waals surface area contributed by atoms with Crippen LogP contribution in [0.25, 0.3) is 0 Å². The molecule has 5 heteroatoms. The van der Waals surface area contributed by atoms with Gasteiger partial charge in [0.05, 0.1) is 18.1 Å². The van der Waals surface area contributed by atoms with Crippen molar-refractivity contribution in [3.63, 3.8) is 0 Å². The Bertz CT molecular complexity index is 531. The van der Waals surface area contributed by atoms with Crippen LogP contribution in [0.5, 0.6) is 0 Å². The SMILES string of the molecule is CCNC(Cc1cc(F)cc(F)c1)c1cn(C)cn1. The molecule has 0 fully saturated rings. The van der Waals surface area contributed by atoms with E-state index < -0.39 is 11.6 Å². The van der Waals surface area contributed by atoms with Crippen molar-refractivity contribution in [3.05, 3.63) is 53.6 Å². The van der Waals surface area contributed by atoms with Crippen molar-refractivity contribution >= 4 is 0 Å². The Kier molecular flexibility index (Phi) is 4.27. The molecule has 1 unspecified atom stereocenters. The smallest absolute Gasteiger partial charge is 0.126 e. The van der Waals surface area contributed by atoms with Crippen LogP contribution in [0.2, 0.25) is 0 Å². The van der Waals surface area contributed by atoms with E-state index in [2.05, 4.69) is 10.3 Å². The van der Waals surface area contributed by atoms with E-state index in [0.717, 1.165) is 18.3 Å². The summed E-state index contributed by atoms with van der Waals surface area (Å²) in [4.78, 5) is 4.29. The number of hydrogen-bond acceptors (Lipinski definition) is 2. The molecule has 0 bridgehead atoms. The second-order valence-electron chi connectivity index (χ2n) is 4.56. The molecule has 2 rings (SSSR count). The van der Waals surface area contributed by atoms with E-state index in [0.29, 0.717) is 12.0 Å². The average molecular weight is 265 g/mol. The molecule has 1 N–H and O–H groups in total. The van der Waals surface area contributed by atoms with Gasteiger partial charge in [-0.05, 0) is 30.7 Å². The molecule has 2 aromatic rings. The number of aryl methyl sites for hydroxylation is 1. The lowest BCUT2D eigenvalue weighted by Crippen LogP contribution is -2.23. The van der Waals surface area contributed by atoms with Crippen LogP contribution in [0.15, 0.2) is 30.7 Å². The van der Waals surface area contributed by atoms with Crippen molar-refractivity contribution in [3.8, 4) is 0 Å². The van der Waals surface area contributed by atoms with Crippen LogP contribution in [0.4, 0.5) is 8.78 Å². The molecular weight excluding hydrogens is 248 g/mol. The molecule has 102 valence electrons. The summed E-state index contributed by atoms with van der Waals surface area (Å²) in [7, 11) is 1.89. The fraction of sp³-hybridized carbons (Fsp3) is 0.357. The number of hydrogen-bond donors (Lipinski definition) is 1. The first-order valence-electron chi connectivity index (χ1n) is 6.24. The molecule has 0 aliphatic rings. The van der Waals surface area contributed by atoms with Gasteiger partial charge in [-0.15, -0.1) is 0 Å². The summed E-state index contributed by atoms with van der Waals surface area (Å²) in [6.07, 6.45) is 4.12. The molecule has 1 heterocycles. The first kappa shape index (κ1) is 13.7. The highest BCUT2D eigenvalue weighted by molar-refractivity contribution is 5.21. The van der Waals surface area contributed by atoms with Crippen molar-refractivity contribution in [1.82, 2.24) is 14.9 Å². The highest BCUT2D eigenvalue weighted by Crippen LogP contribution is 2.18. The van der Waals surface area contributed by atoms with Gasteiger partial charge in [0.15, 0.2) is 0 Å². The molecule has 1 aromatic carbocycles. The van der Waals surface area contributed by atoms with Gasteiger partial charge in [-0.2, -0.15) is 0 Å². The van der Waals surface area contributed by atoms with E-state index >= 15 is 0 Å². The van der Waals surface area contributed by atoms with Crippen LogP contribution in [-0.2, 0) is 13.5 Å². The largest absolute Gasteiger partial charge is 0.340 e. The minimum atomic E-state index is -0.550. The third kappa shape index (κ3) is 3.61. The number of imidazole rings is 1. The van der Waals surface area contributed by atoms with Crippen molar-refractivity contribution in [1.29, 1.82) is 0 Å². The van der Waals surface area contributed by atoms with Crippen molar-refractivity contribution < 1.29 is 8.78 Å². The summed E-state index contributed by atoms with van der Waals surface area (Å²) in [6.45, 7) is 2.75. The maximum atomic E-state index is 13.2. The second-order valence-corrected chi connectivity index (χ2v) is 4.56. The van der Waals surface area contributed by atoms with Crippen LogP contribution in [0, 0.1) is 11.6 Å². The van der Waals surface area contributed by atoms with Gasteiger partial charge in [-0.1, -0.05) is 6.92 Å². The molecule has 0 aliphatic heterocycles. The molecule has 1 aromatic heterocycles. The summed E-state index contributed by atoms with van der Waals surface area (Å²) in [5.41, 5.74) is 1.49. The van der Waals surface area contributed by atoms with Crippen molar-refractivity contribution in [2.75, 3.05) is 6.54 Å². The maximum Gasteiger partial charge on any atom is 0.126 e. The molecule has 0 saturated heterocycles. The van der Waals surface area contributed by atoms with E-state index in [-0.39, 0.29) is 6.04 Å². The first-order valence-corrected chi connectivity index (χ1v) is 6.24. The fourth-order valence-corrected chi connectivity index (χ4v) is 2.11. The number of halogens is 2. The summed E-state index contributed by atoms with van der Waals surface area (Å²) in [5.74, 6) is -1.10. The van der Waals surface area contributed by atoms with Crippen LogP contribution >= 0.6 is 0 Å². The van der Waals surface area contributed by atoms with E-state index in [1.54, 1.807) is 6.33 Å². The second kappa shape index (κ2) is 5.93. The zero-order valence-corrected chi connectivity index (χ0v) is 11.0. The van der Waals surface area contributed by atoms with Crippen LogP contribution in [0.1, 0.15) is 24.2 Å². The predicted molar refractivity (Wildman–Crippen MR) is 69.7 cm³/mol. The number of nitrogens with one attached hydrogen (secondary N) is 1. The molecule has 1 atom stereocenters. The van der Waals surface area contributed by atoms with E-state index in [1.807, 2.05) is 24.7 Å². The Balaban J connectivity index is 2.20. The highest BCUT2D eigenvalue weighted by Gasteiger charge is 2.14. The summed E-state index contributed by atoms with van der Waals surface area (Å²) >= 11 is 0. The first-order chi connectivity index (χ1) is 9.08. The topological polar surface area (TPSA) is 29.9 Å². The molecule has 0 amide bonds. The number of likely N-dealkylation sites (N-methyl/N-ethyl adjacent to an activating group) is 1. The Labute approximate surface area is 111 Å². The molecule has 19 heavy (non-hydrogen) atoms. The van der Waals surface area contributed by atoms with Crippen LogP contribution in [-0.4, -0.2) is 16.1 Å². The van der Waals surface area contributed by atoms with Gasteiger partial charge in [-0.3, -0.25) is 0 Å². The fourth-order valence-electron chi connectivity index (χ4n) is 2.11. The minimum Gasteiger partial charge on any atom is -0.340 e. The standard InChI is InChI=1S/C14H17F2N3/c1-3-17-13(14-8-19(2)9-18-14)6-10-4-11(15)7-12(16)5-10/h4-5,7-9,13,17H,3,6H2,1-2H3. The molecule has 0 spiro atoms. The molecule has 0 radical (unpaired) electrons. The Morgan fingerprint density at radius 3 is 2.47 bits per heavy atom. The number of benzene rings is 1. The zero-order valence-electron chi connectivity index (χ0n) is 11.0. The van der Waals surface area contributed by atoms with Gasteiger partial charge in [0.1, 0.15) is 11.6 Å². The lowest BCUT2D eigenvalue weighted by atomic mass is 10.0. The monoisotopic (exact) mass is 265 g/mol. The molecule has 3 nitrogen and oxygen atoms in total. The number of rotatable bonds is 5. The molecule has 0 aliphatic carbocycles. The number of aromatic nitrogens is 2. The molecular formula is C14H17F2N3. The summed E-state index contributed by atoms with van der Waals surface area (Å²) in [5, 5.41) is 3.28. The van der Waals surface area contributed by atoms with Crippen LogP contribution in [0.3, 0.4) is 0 Å². The third-order valence-corrected chi connectivity index (χ3v) is 2.89. The van der Waals surface area contributed by atoms with Gasteiger partial charge in [0.2, 0.25) is 0 Å². The van der Waals surface area contributed by atoms with Gasteiger partial charge in [0.25, 0.3) is 0 Å². The Morgan fingerprint density at radius 2 is 1.95 bits per heavy atom. The minimum absolute atomic E-state index is 0.0487. The lowest BCUT2D eigenvalue weighted by molar-refractivity contribution is 0.530. The maximum absolute atomic E-state index is 13.2. The van der Waals surface area contributed by atoms with Gasteiger partial charge in [0, 0.05) is 19.3 Å². The lowest BCUT2D eigenvalue weighted by Gasteiger charge is -2.16. The highest BCUT2D eigenvalue weighted by atomic mass is 19.1. The van der Waals surface area contributed by atoms with Gasteiger partial charge in [-0.25, -0.2) is 13.8 Å². The van der Waals surface area contributed by atoms with E-state index in [9.17, 15) is 8.78 Å². The molecule has 0 saturated carbocycles.